The number of carboxylic acid groups (broad SMARTS) is 2. The van der Waals surface area contributed by atoms with Gasteiger partial charge in [-0.05, 0) is 18.4 Å². The average molecular weight is 435 g/mol. The second kappa shape index (κ2) is 13.3. The van der Waals surface area contributed by atoms with Crippen LogP contribution < -0.4 is 27.4 Å². The molecule has 14 heteroatoms. The Morgan fingerprint density at radius 3 is 1.90 bits per heavy atom. The van der Waals surface area contributed by atoms with Gasteiger partial charge in [-0.3, -0.25) is 24.0 Å². The number of nitrogens with one attached hydrogen (secondary N) is 3. The Morgan fingerprint density at radius 2 is 1.45 bits per heavy atom. The number of carbonyl (C=O) groups is 6. The molecule has 0 bridgehead atoms. The second-order valence-corrected chi connectivity index (χ2v) is 6.82. The van der Waals surface area contributed by atoms with Crippen LogP contribution >= 0.6 is 11.8 Å². The molecule has 29 heavy (non-hydrogen) atoms. The van der Waals surface area contributed by atoms with Gasteiger partial charge < -0.3 is 37.6 Å². The topological polar surface area (TPSA) is 231 Å². The van der Waals surface area contributed by atoms with Crippen LogP contribution in [0.4, 0.5) is 0 Å². The van der Waals surface area contributed by atoms with E-state index in [4.69, 9.17) is 21.7 Å². The molecule has 0 spiro atoms. The van der Waals surface area contributed by atoms with Crippen LogP contribution in [-0.4, -0.2) is 82.5 Å². The summed E-state index contributed by atoms with van der Waals surface area (Å²) in [5.41, 5.74) is 10.3. The van der Waals surface area contributed by atoms with E-state index in [9.17, 15) is 28.8 Å². The molecule has 0 heterocycles. The number of aliphatic carboxylic acids is 2. The first-order valence-corrected chi connectivity index (χ1v) is 9.73. The van der Waals surface area contributed by atoms with Crippen LogP contribution in [0.3, 0.4) is 0 Å². The predicted octanol–water partition coefficient (Wildman–Crippen LogP) is -3.41. The third kappa shape index (κ3) is 10.9. The van der Waals surface area contributed by atoms with E-state index >= 15 is 0 Å². The molecule has 0 fully saturated rings. The van der Waals surface area contributed by atoms with Crippen molar-refractivity contribution in [2.45, 2.75) is 37.4 Å². The van der Waals surface area contributed by atoms with Gasteiger partial charge in [-0.1, -0.05) is 0 Å². The number of hydrogen-bond acceptors (Lipinski definition) is 8. The fourth-order valence-corrected chi connectivity index (χ4v) is 2.56. The lowest BCUT2D eigenvalue weighted by atomic mass is 10.1. The molecule has 0 aromatic carbocycles. The van der Waals surface area contributed by atoms with Crippen molar-refractivity contribution in [3.8, 4) is 0 Å². The molecule has 13 nitrogen and oxygen atoms in total. The molecule has 0 radical (unpaired) electrons. The highest BCUT2D eigenvalue weighted by molar-refractivity contribution is 7.98. The Balaban J connectivity index is 5.35. The molecule has 3 atom stereocenters. The zero-order valence-electron chi connectivity index (χ0n) is 15.7. The minimum atomic E-state index is -1.78. The zero-order chi connectivity index (χ0) is 22.6. The van der Waals surface area contributed by atoms with Crippen molar-refractivity contribution < 1.29 is 39.0 Å². The van der Waals surface area contributed by atoms with Crippen LogP contribution in [0.2, 0.25) is 0 Å². The molecule has 0 aromatic rings. The van der Waals surface area contributed by atoms with Gasteiger partial charge in [0, 0.05) is 0 Å². The van der Waals surface area contributed by atoms with Crippen LogP contribution in [0.1, 0.15) is 19.3 Å². The fourth-order valence-electron chi connectivity index (χ4n) is 2.09. The van der Waals surface area contributed by atoms with Gasteiger partial charge in [-0.25, -0.2) is 4.79 Å². The summed E-state index contributed by atoms with van der Waals surface area (Å²) in [5.74, 6) is -6.12. The molecule has 164 valence electrons. The lowest BCUT2D eigenvalue weighted by Crippen LogP contribution is -2.57. The van der Waals surface area contributed by atoms with E-state index < -0.39 is 66.5 Å². The lowest BCUT2D eigenvalue weighted by molar-refractivity contribution is -0.147. The van der Waals surface area contributed by atoms with Crippen molar-refractivity contribution >= 4 is 47.3 Å². The minimum absolute atomic E-state index is 0.195. The van der Waals surface area contributed by atoms with E-state index in [0.717, 1.165) is 0 Å². The standard InChI is InChI=1S/C15H25N5O8S/c1-29-3-2-7(18-11(22)6-16)13(25)19-8(4-10(17)21)14(26)20-9(15(27)28)5-12(23)24/h7-9H,2-6,16H2,1H3,(H2,17,21)(H,18,22)(H,19,25)(H,20,26)(H,23,24)(H,27,28). The van der Waals surface area contributed by atoms with E-state index in [1.54, 1.807) is 6.26 Å². The molecular weight excluding hydrogens is 410 g/mol. The predicted molar refractivity (Wildman–Crippen MR) is 102 cm³/mol. The third-order valence-electron chi connectivity index (χ3n) is 3.48. The summed E-state index contributed by atoms with van der Waals surface area (Å²) in [4.78, 5) is 69.4. The average Bonchev–Trinajstić information content (AvgIpc) is 2.62. The van der Waals surface area contributed by atoms with Crippen LogP contribution in [0, 0.1) is 0 Å². The molecule has 0 saturated heterocycles. The highest BCUT2D eigenvalue weighted by Crippen LogP contribution is 2.04. The van der Waals surface area contributed by atoms with E-state index in [-0.39, 0.29) is 13.0 Å². The molecule has 3 unspecified atom stereocenters. The molecule has 0 aliphatic carbocycles. The van der Waals surface area contributed by atoms with Gasteiger partial charge in [0.25, 0.3) is 0 Å². The number of carbonyl (C=O) groups excluding carboxylic acids is 4. The largest absolute Gasteiger partial charge is 0.481 e. The Kier molecular flexibility index (Phi) is 12.0. The summed E-state index contributed by atoms with van der Waals surface area (Å²) in [6.45, 7) is -0.371. The van der Waals surface area contributed by atoms with Gasteiger partial charge in [0.2, 0.25) is 23.6 Å². The fraction of sp³-hybridized carbons (Fsp3) is 0.600. The third-order valence-corrected chi connectivity index (χ3v) is 4.12. The summed E-state index contributed by atoms with van der Waals surface area (Å²) in [6, 6.07) is -4.41. The highest BCUT2D eigenvalue weighted by Gasteiger charge is 2.31. The van der Waals surface area contributed by atoms with Crippen molar-refractivity contribution in [1.82, 2.24) is 16.0 Å². The van der Waals surface area contributed by atoms with Gasteiger partial charge >= 0.3 is 11.9 Å². The zero-order valence-corrected chi connectivity index (χ0v) is 16.5. The lowest BCUT2D eigenvalue weighted by Gasteiger charge is -2.23. The van der Waals surface area contributed by atoms with Gasteiger partial charge in [0.05, 0.1) is 19.4 Å². The number of amides is 4. The van der Waals surface area contributed by atoms with Crippen molar-refractivity contribution in [2.75, 3.05) is 18.6 Å². The molecule has 0 aliphatic heterocycles. The van der Waals surface area contributed by atoms with E-state index in [1.165, 1.54) is 11.8 Å². The Morgan fingerprint density at radius 1 is 0.897 bits per heavy atom. The summed E-state index contributed by atoms with van der Waals surface area (Å²) < 4.78 is 0. The number of carboxylic acids is 2. The van der Waals surface area contributed by atoms with Crippen molar-refractivity contribution in [3.63, 3.8) is 0 Å². The molecule has 0 aliphatic rings. The monoisotopic (exact) mass is 435 g/mol. The van der Waals surface area contributed by atoms with Crippen LogP contribution in [-0.2, 0) is 28.8 Å². The number of rotatable bonds is 14. The maximum absolute atomic E-state index is 12.5. The van der Waals surface area contributed by atoms with Crippen molar-refractivity contribution in [1.29, 1.82) is 0 Å². The second-order valence-electron chi connectivity index (χ2n) is 5.83. The number of thioether (sulfide) groups is 1. The molecule has 0 aromatic heterocycles. The van der Waals surface area contributed by atoms with E-state index in [1.807, 2.05) is 5.32 Å². The Bertz CT molecular complexity index is 644. The summed E-state index contributed by atoms with van der Waals surface area (Å²) in [5, 5.41) is 24.3. The SMILES string of the molecule is CSCCC(NC(=O)CN)C(=O)NC(CC(N)=O)C(=O)NC(CC(=O)O)C(=O)O. The number of primary amides is 1. The first-order chi connectivity index (χ1) is 13.5. The van der Waals surface area contributed by atoms with Crippen LogP contribution in [0.25, 0.3) is 0 Å². The van der Waals surface area contributed by atoms with Gasteiger partial charge in [0.1, 0.15) is 18.1 Å². The number of nitrogens with two attached hydrogens (primary N) is 2. The maximum atomic E-state index is 12.5. The minimum Gasteiger partial charge on any atom is -0.481 e. The molecule has 0 saturated carbocycles. The van der Waals surface area contributed by atoms with Gasteiger partial charge in [-0.15, -0.1) is 0 Å². The summed E-state index contributed by atoms with van der Waals surface area (Å²) >= 11 is 1.40. The Labute approximate surface area is 170 Å². The van der Waals surface area contributed by atoms with Gasteiger partial charge in [0.15, 0.2) is 0 Å². The molecule has 9 N–H and O–H groups in total. The maximum Gasteiger partial charge on any atom is 0.326 e. The smallest absolute Gasteiger partial charge is 0.326 e. The van der Waals surface area contributed by atoms with E-state index in [0.29, 0.717) is 5.75 Å². The highest BCUT2D eigenvalue weighted by atomic mass is 32.2. The van der Waals surface area contributed by atoms with Crippen molar-refractivity contribution in [3.05, 3.63) is 0 Å². The van der Waals surface area contributed by atoms with Crippen LogP contribution in [0.5, 0.6) is 0 Å². The summed E-state index contributed by atoms with van der Waals surface area (Å²) in [6.07, 6.45) is 0.385. The quantitative estimate of drug-likeness (QED) is 0.143. The first-order valence-electron chi connectivity index (χ1n) is 8.33. The molecular formula is C15H25N5O8S. The Hall–Kier alpha value is -2.87. The van der Waals surface area contributed by atoms with Gasteiger partial charge in [-0.2, -0.15) is 11.8 Å². The molecule has 4 amide bonds. The normalized spacial score (nSPS) is 13.4. The molecule has 0 rings (SSSR count). The first kappa shape index (κ1) is 26.1. The van der Waals surface area contributed by atoms with E-state index in [2.05, 4.69) is 10.6 Å². The van der Waals surface area contributed by atoms with Crippen LogP contribution in [0.15, 0.2) is 0 Å². The number of hydrogen-bond donors (Lipinski definition) is 7. The summed E-state index contributed by atoms with van der Waals surface area (Å²) in [7, 11) is 0. The van der Waals surface area contributed by atoms with Crippen molar-refractivity contribution in [2.24, 2.45) is 11.5 Å².